The molecule has 0 radical (unpaired) electrons. The Morgan fingerprint density at radius 1 is 1.50 bits per heavy atom. The summed E-state index contributed by atoms with van der Waals surface area (Å²) in [6.45, 7) is 1.29. The van der Waals surface area contributed by atoms with E-state index in [2.05, 4.69) is 14.9 Å². The number of aromatic nitrogens is 2. The number of hydrogen-bond donors (Lipinski definition) is 2. The number of nitrogens with one attached hydrogen (secondary N) is 2. The first kappa shape index (κ1) is 13.4. The van der Waals surface area contributed by atoms with E-state index in [-0.39, 0.29) is 5.03 Å². The number of hydrogen-bond acceptors (Lipinski definition) is 4. The van der Waals surface area contributed by atoms with Gasteiger partial charge in [0.15, 0.2) is 5.03 Å². The molecule has 0 fully saturated rings. The first-order valence-electron chi connectivity index (χ1n) is 4.79. The second kappa shape index (κ2) is 6.85. The highest BCUT2D eigenvalue weighted by Gasteiger charge is 2.13. The van der Waals surface area contributed by atoms with Crippen LogP contribution in [0.3, 0.4) is 0 Å². The van der Waals surface area contributed by atoms with E-state index >= 15 is 0 Å². The molecule has 0 saturated heterocycles. The van der Waals surface area contributed by atoms with Crippen LogP contribution in [0.1, 0.15) is 6.42 Å². The predicted octanol–water partition coefficient (Wildman–Crippen LogP) is 0.333. The van der Waals surface area contributed by atoms with E-state index in [0.29, 0.717) is 32.1 Å². The molecule has 16 heavy (non-hydrogen) atoms. The van der Waals surface area contributed by atoms with Crippen molar-refractivity contribution >= 4 is 21.6 Å². The van der Waals surface area contributed by atoms with Gasteiger partial charge >= 0.3 is 0 Å². The third-order valence-corrected chi connectivity index (χ3v) is 3.29. The summed E-state index contributed by atoms with van der Waals surface area (Å²) in [5.74, 6) is 0.444. The van der Waals surface area contributed by atoms with E-state index in [1.54, 1.807) is 0 Å². The molecule has 0 aliphatic rings. The molecule has 0 aliphatic carbocycles. The fourth-order valence-corrected chi connectivity index (χ4v) is 2.10. The maximum atomic E-state index is 11.5. The third kappa shape index (κ3) is 4.48. The van der Waals surface area contributed by atoms with Crippen molar-refractivity contribution in [3.63, 3.8) is 0 Å². The minimum Gasteiger partial charge on any atom is -0.380 e. The van der Waals surface area contributed by atoms with E-state index in [9.17, 15) is 8.42 Å². The van der Waals surface area contributed by atoms with Crippen molar-refractivity contribution in [3.8, 4) is 0 Å². The Labute approximate surface area is 99.4 Å². The topological polar surface area (TPSA) is 84.1 Å². The molecule has 0 saturated carbocycles. The second-order valence-corrected chi connectivity index (χ2v) is 5.09. The van der Waals surface area contributed by atoms with Crippen LogP contribution in [-0.4, -0.2) is 44.3 Å². The quantitative estimate of drug-likeness (QED) is 0.525. The molecule has 0 bridgehead atoms. The molecule has 1 aromatic heterocycles. The standard InChI is InChI=1S/C8H14ClN3O3S/c9-3-7-15-6-1-4-11-16(13,14)8-2-5-10-12-8/h2,5,11H,1,3-4,6-7H2,(H,10,12). The maximum absolute atomic E-state index is 11.5. The second-order valence-electron chi connectivity index (χ2n) is 2.97. The number of alkyl halides is 1. The molecular weight excluding hydrogens is 254 g/mol. The summed E-state index contributed by atoms with van der Waals surface area (Å²) in [5.41, 5.74) is 0. The fraction of sp³-hybridized carbons (Fsp3) is 0.625. The molecule has 2 N–H and O–H groups in total. The molecular formula is C8H14ClN3O3S. The Bertz CT molecular complexity index is 379. The van der Waals surface area contributed by atoms with Crippen LogP contribution < -0.4 is 4.72 Å². The monoisotopic (exact) mass is 267 g/mol. The first-order valence-corrected chi connectivity index (χ1v) is 6.81. The van der Waals surface area contributed by atoms with Crippen LogP contribution in [0.4, 0.5) is 0 Å². The summed E-state index contributed by atoms with van der Waals surface area (Å²) in [6, 6.07) is 1.40. The summed E-state index contributed by atoms with van der Waals surface area (Å²) < 4.78 is 30.6. The molecule has 0 unspecified atom stereocenters. The Morgan fingerprint density at radius 2 is 2.31 bits per heavy atom. The van der Waals surface area contributed by atoms with Crippen molar-refractivity contribution < 1.29 is 13.2 Å². The fourth-order valence-electron chi connectivity index (χ4n) is 1.01. The van der Waals surface area contributed by atoms with Gasteiger partial charge in [-0.1, -0.05) is 0 Å². The van der Waals surface area contributed by atoms with Gasteiger partial charge in [-0.15, -0.1) is 11.6 Å². The highest BCUT2D eigenvalue weighted by Crippen LogP contribution is 2.01. The van der Waals surface area contributed by atoms with Gasteiger partial charge in [0.1, 0.15) is 0 Å². The third-order valence-electron chi connectivity index (χ3n) is 1.74. The highest BCUT2D eigenvalue weighted by molar-refractivity contribution is 7.89. The van der Waals surface area contributed by atoms with Crippen molar-refractivity contribution in [2.75, 3.05) is 25.6 Å². The van der Waals surface area contributed by atoms with Gasteiger partial charge in [-0.2, -0.15) is 5.10 Å². The number of nitrogens with zero attached hydrogens (tertiary/aromatic N) is 1. The lowest BCUT2D eigenvalue weighted by molar-refractivity contribution is 0.147. The highest BCUT2D eigenvalue weighted by atomic mass is 35.5. The largest absolute Gasteiger partial charge is 0.380 e. The van der Waals surface area contributed by atoms with E-state index in [4.69, 9.17) is 16.3 Å². The lowest BCUT2D eigenvalue weighted by Gasteiger charge is -2.04. The van der Waals surface area contributed by atoms with Crippen LogP contribution in [0, 0.1) is 0 Å². The zero-order valence-corrected chi connectivity index (χ0v) is 10.2. The summed E-state index contributed by atoms with van der Waals surface area (Å²) in [7, 11) is -3.46. The Balaban J connectivity index is 2.22. The lowest BCUT2D eigenvalue weighted by Crippen LogP contribution is -2.26. The molecule has 1 aromatic rings. The van der Waals surface area contributed by atoms with Crippen LogP contribution in [0.15, 0.2) is 17.3 Å². The minimum atomic E-state index is -3.46. The zero-order valence-electron chi connectivity index (χ0n) is 8.65. The molecule has 0 aromatic carbocycles. The van der Waals surface area contributed by atoms with Crippen LogP contribution >= 0.6 is 11.6 Å². The lowest BCUT2D eigenvalue weighted by atomic mass is 10.5. The van der Waals surface area contributed by atoms with Gasteiger partial charge in [0.25, 0.3) is 10.0 Å². The number of sulfonamides is 1. The number of halogens is 1. The molecule has 8 heteroatoms. The van der Waals surface area contributed by atoms with E-state index < -0.39 is 10.0 Å². The van der Waals surface area contributed by atoms with Gasteiger partial charge in [-0.3, -0.25) is 5.10 Å². The van der Waals surface area contributed by atoms with Crippen LogP contribution in [-0.2, 0) is 14.8 Å². The number of ether oxygens (including phenoxy) is 1. The van der Waals surface area contributed by atoms with Crippen molar-refractivity contribution in [1.82, 2.24) is 14.9 Å². The SMILES string of the molecule is O=S(=O)(NCCCOCCCl)c1ccn[nH]1. The van der Waals surface area contributed by atoms with E-state index in [1.165, 1.54) is 12.3 Å². The van der Waals surface area contributed by atoms with Crippen molar-refractivity contribution in [2.24, 2.45) is 0 Å². The first-order chi connectivity index (χ1) is 7.67. The number of aromatic amines is 1. The van der Waals surface area contributed by atoms with Crippen LogP contribution in [0.5, 0.6) is 0 Å². The Morgan fingerprint density at radius 3 is 2.94 bits per heavy atom. The smallest absolute Gasteiger partial charge is 0.257 e. The van der Waals surface area contributed by atoms with Crippen molar-refractivity contribution in [1.29, 1.82) is 0 Å². The van der Waals surface area contributed by atoms with Crippen molar-refractivity contribution in [3.05, 3.63) is 12.3 Å². The predicted molar refractivity (Wildman–Crippen MR) is 59.9 cm³/mol. The Kier molecular flexibility index (Phi) is 5.75. The number of H-pyrrole nitrogens is 1. The Hall–Kier alpha value is -0.630. The number of rotatable bonds is 8. The summed E-state index contributed by atoms with van der Waals surface area (Å²) in [6.07, 6.45) is 1.99. The van der Waals surface area contributed by atoms with E-state index in [1.807, 2.05) is 0 Å². The van der Waals surface area contributed by atoms with Gasteiger partial charge < -0.3 is 4.74 Å². The minimum absolute atomic E-state index is 0.0641. The molecule has 92 valence electrons. The molecule has 0 spiro atoms. The van der Waals surface area contributed by atoms with Gasteiger partial charge in [-0.25, -0.2) is 13.1 Å². The molecule has 0 aliphatic heterocycles. The van der Waals surface area contributed by atoms with Gasteiger partial charge in [0.2, 0.25) is 0 Å². The van der Waals surface area contributed by atoms with Gasteiger partial charge in [0, 0.05) is 19.0 Å². The van der Waals surface area contributed by atoms with Crippen LogP contribution in [0.2, 0.25) is 0 Å². The summed E-state index contributed by atoms with van der Waals surface area (Å²) >= 11 is 5.41. The van der Waals surface area contributed by atoms with Crippen LogP contribution in [0.25, 0.3) is 0 Å². The average Bonchev–Trinajstić information content (AvgIpc) is 2.77. The van der Waals surface area contributed by atoms with Gasteiger partial charge in [0.05, 0.1) is 12.8 Å². The zero-order chi connectivity index (χ0) is 11.9. The molecule has 1 heterocycles. The van der Waals surface area contributed by atoms with Crippen molar-refractivity contribution in [2.45, 2.75) is 11.4 Å². The molecule has 1 rings (SSSR count). The molecule has 6 nitrogen and oxygen atoms in total. The van der Waals surface area contributed by atoms with E-state index in [0.717, 1.165) is 0 Å². The van der Waals surface area contributed by atoms with Gasteiger partial charge in [-0.05, 0) is 12.5 Å². The maximum Gasteiger partial charge on any atom is 0.257 e. The molecule has 0 amide bonds. The normalized spacial score (nSPS) is 11.8. The average molecular weight is 268 g/mol. The summed E-state index contributed by atoms with van der Waals surface area (Å²) in [5, 5.41) is 6.03. The summed E-state index contributed by atoms with van der Waals surface area (Å²) in [4.78, 5) is 0. The molecule has 0 atom stereocenters.